The second kappa shape index (κ2) is 6.44. The van der Waals surface area contributed by atoms with Crippen LogP contribution in [-0.4, -0.2) is 6.54 Å². The molecule has 1 rings (SSSR count). The van der Waals surface area contributed by atoms with Crippen molar-refractivity contribution in [2.45, 2.75) is 46.0 Å². The third-order valence-corrected chi connectivity index (χ3v) is 3.57. The van der Waals surface area contributed by atoms with E-state index in [1.54, 1.807) is 0 Å². The lowest BCUT2D eigenvalue weighted by molar-refractivity contribution is 0.364. The summed E-state index contributed by atoms with van der Waals surface area (Å²) in [6.45, 7) is 8.98. The van der Waals surface area contributed by atoms with Gasteiger partial charge in [-0.15, -0.1) is 0 Å². The predicted molar refractivity (Wildman–Crippen MR) is 82.2 cm³/mol. The minimum atomic E-state index is -0.454. The molecule has 0 saturated carbocycles. The molecule has 0 radical (unpaired) electrons. The fourth-order valence-corrected chi connectivity index (χ4v) is 1.89. The Morgan fingerprint density at radius 3 is 2.15 bits per heavy atom. The number of anilines is 1. The van der Waals surface area contributed by atoms with Crippen molar-refractivity contribution in [2.24, 2.45) is 5.41 Å². The quantitative estimate of drug-likeness (QED) is 0.840. The van der Waals surface area contributed by atoms with Crippen molar-refractivity contribution in [2.75, 3.05) is 11.9 Å². The molecule has 106 valence electrons. The molecule has 0 aliphatic heterocycles. The number of hydrogen-bond donors (Lipinski definition) is 1. The number of nitrogens with one attached hydrogen (secondary N) is 1. The van der Waals surface area contributed by atoms with Gasteiger partial charge in [0.15, 0.2) is 0 Å². The van der Waals surface area contributed by atoms with Crippen molar-refractivity contribution >= 4 is 5.69 Å². The second-order valence-corrected chi connectivity index (χ2v) is 6.49. The van der Waals surface area contributed by atoms with Crippen LogP contribution in [0.15, 0.2) is 24.3 Å². The van der Waals surface area contributed by atoms with Gasteiger partial charge in [-0.1, -0.05) is 26.0 Å². The first-order valence-electron chi connectivity index (χ1n) is 6.93. The molecule has 1 N–H and O–H groups in total. The molecule has 0 aromatic heterocycles. The molecule has 0 saturated heterocycles. The molecule has 0 bridgehead atoms. The highest BCUT2D eigenvalue weighted by molar-refractivity contribution is 5.47. The lowest BCUT2D eigenvalue weighted by Crippen LogP contribution is -2.23. The summed E-state index contributed by atoms with van der Waals surface area (Å²) >= 11 is 0. The summed E-state index contributed by atoms with van der Waals surface area (Å²) in [5.74, 6) is 0. The van der Waals surface area contributed by atoms with Crippen molar-refractivity contribution in [3.05, 3.63) is 29.8 Å². The van der Waals surface area contributed by atoms with E-state index in [-0.39, 0.29) is 5.41 Å². The normalized spacial score (nSPS) is 11.5. The maximum absolute atomic E-state index is 9.12. The lowest BCUT2D eigenvalue weighted by atomic mass is 9.86. The van der Waals surface area contributed by atoms with Crippen LogP contribution < -0.4 is 5.32 Å². The number of nitriles is 2. The third-order valence-electron chi connectivity index (χ3n) is 3.57. The summed E-state index contributed by atoms with van der Waals surface area (Å²) in [6.07, 6.45) is 1.47. The van der Waals surface area contributed by atoms with E-state index in [0.29, 0.717) is 6.42 Å². The highest BCUT2D eigenvalue weighted by atomic mass is 14.9. The van der Waals surface area contributed by atoms with Gasteiger partial charge in [-0.2, -0.15) is 10.5 Å². The topological polar surface area (TPSA) is 59.6 Å². The Hall–Kier alpha value is -2.00. The number of nitrogens with zero attached hydrogens (tertiary/aromatic N) is 2. The van der Waals surface area contributed by atoms with E-state index in [1.807, 2.05) is 38.1 Å². The van der Waals surface area contributed by atoms with Gasteiger partial charge in [0.05, 0.1) is 17.6 Å². The van der Waals surface area contributed by atoms with Crippen LogP contribution >= 0.6 is 0 Å². The van der Waals surface area contributed by atoms with E-state index >= 15 is 0 Å². The first-order chi connectivity index (χ1) is 9.30. The van der Waals surface area contributed by atoms with Crippen molar-refractivity contribution in [3.63, 3.8) is 0 Å². The Balaban J connectivity index is 2.64. The standard InChI is InChI=1S/C17H23N3/c1-16(2,10-5-11-18)13-20-15-8-6-14(7-9-15)17(3,4)12-19/h6-9,20H,5,10,13H2,1-4H3. The molecule has 3 heteroatoms. The molecular formula is C17H23N3. The van der Waals surface area contributed by atoms with E-state index in [2.05, 4.69) is 31.3 Å². The van der Waals surface area contributed by atoms with E-state index in [9.17, 15) is 0 Å². The molecule has 0 aliphatic carbocycles. The smallest absolute Gasteiger partial charge is 0.0766 e. The molecule has 0 spiro atoms. The Morgan fingerprint density at radius 2 is 1.65 bits per heavy atom. The molecule has 0 heterocycles. The summed E-state index contributed by atoms with van der Waals surface area (Å²) in [5.41, 5.74) is 1.71. The van der Waals surface area contributed by atoms with Crippen molar-refractivity contribution in [3.8, 4) is 12.1 Å². The Kier molecular flexibility index (Phi) is 5.17. The van der Waals surface area contributed by atoms with Crippen LogP contribution in [0.3, 0.4) is 0 Å². The summed E-state index contributed by atoms with van der Waals surface area (Å²) < 4.78 is 0. The molecule has 1 aromatic rings. The predicted octanol–water partition coefficient (Wildman–Crippen LogP) is 4.23. The zero-order valence-electron chi connectivity index (χ0n) is 12.8. The molecule has 1 aromatic carbocycles. The van der Waals surface area contributed by atoms with Crippen LogP contribution in [0.5, 0.6) is 0 Å². The van der Waals surface area contributed by atoms with Crippen molar-refractivity contribution < 1.29 is 0 Å². The summed E-state index contributed by atoms with van der Waals surface area (Å²) in [4.78, 5) is 0. The monoisotopic (exact) mass is 269 g/mol. The zero-order chi connectivity index (χ0) is 15.2. The van der Waals surface area contributed by atoms with Crippen LogP contribution in [-0.2, 0) is 5.41 Å². The third kappa shape index (κ3) is 4.59. The number of rotatable bonds is 6. The fraction of sp³-hybridized carbons (Fsp3) is 0.529. The van der Waals surface area contributed by atoms with Gasteiger partial charge < -0.3 is 5.32 Å². The second-order valence-electron chi connectivity index (χ2n) is 6.49. The van der Waals surface area contributed by atoms with E-state index < -0.39 is 5.41 Å². The van der Waals surface area contributed by atoms with Gasteiger partial charge in [-0.3, -0.25) is 0 Å². The summed E-state index contributed by atoms with van der Waals surface area (Å²) in [5, 5.41) is 21.2. The van der Waals surface area contributed by atoms with Gasteiger partial charge >= 0.3 is 0 Å². The SMILES string of the molecule is CC(C)(CCC#N)CNc1ccc(C(C)(C)C#N)cc1. The average molecular weight is 269 g/mol. The maximum atomic E-state index is 9.12. The Labute approximate surface area is 122 Å². The van der Waals surface area contributed by atoms with Crippen LogP contribution in [0.2, 0.25) is 0 Å². The van der Waals surface area contributed by atoms with E-state index in [0.717, 1.165) is 24.2 Å². The molecule has 0 amide bonds. The average Bonchev–Trinajstić information content (AvgIpc) is 2.43. The molecule has 3 nitrogen and oxygen atoms in total. The molecule has 20 heavy (non-hydrogen) atoms. The Morgan fingerprint density at radius 1 is 1.05 bits per heavy atom. The summed E-state index contributed by atoms with van der Waals surface area (Å²) in [7, 11) is 0. The van der Waals surface area contributed by atoms with Gasteiger partial charge in [0.1, 0.15) is 0 Å². The molecule has 0 unspecified atom stereocenters. The highest BCUT2D eigenvalue weighted by Gasteiger charge is 2.20. The highest BCUT2D eigenvalue weighted by Crippen LogP contribution is 2.25. The number of benzene rings is 1. The summed E-state index contributed by atoms with van der Waals surface area (Å²) in [6, 6.07) is 12.5. The minimum absolute atomic E-state index is 0.0975. The fourth-order valence-electron chi connectivity index (χ4n) is 1.89. The van der Waals surface area contributed by atoms with Crippen molar-refractivity contribution in [1.82, 2.24) is 0 Å². The van der Waals surface area contributed by atoms with Gasteiger partial charge in [-0.25, -0.2) is 0 Å². The maximum Gasteiger partial charge on any atom is 0.0766 e. The van der Waals surface area contributed by atoms with Gasteiger partial charge in [0, 0.05) is 18.7 Å². The van der Waals surface area contributed by atoms with Crippen LogP contribution in [0.25, 0.3) is 0 Å². The largest absolute Gasteiger partial charge is 0.385 e. The van der Waals surface area contributed by atoms with Gasteiger partial charge in [0.25, 0.3) is 0 Å². The Bertz CT molecular complexity index is 513. The zero-order valence-corrected chi connectivity index (χ0v) is 12.8. The minimum Gasteiger partial charge on any atom is -0.385 e. The lowest BCUT2D eigenvalue weighted by Gasteiger charge is -2.24. The van der Waals surface area contributed by atoms with Gasteiger partial charge in [-0.05, 0) is 43.4 Å². The van der Waals surface area contributed by atoms with E-state index in [1.165, 1.54) is 0 Å². The molecular weight excluding hydrogens is 246 g/mol. The molecule has 0 atom stereocenters. The molecule has 0 aliphatic rings. The van der Waals surface area contributed by atoms with E-state index in [4.69, 9.17) is 10.5 Å². The van der Waals surface area contributed by atoms with Crippen LogP contribution in [0.4, 0.5) is 5.69 Å². The van der Waals surface area contributed by atoms with Gasteiger partial charge in [0.2, 0.25) is 0 Å². The van der Waals surface area contributed by atoms with Crippen LogP contribution in [0, 0.1) is 28.1 Å². The first kappa shape index (κ1) is 16.1. The van der Waals surface area contributed by atoms with Crippen LogP contribution in [0.1, 0.15) is 46.1 Å². The first-order valence-corrected chi connectivity index (χ1v) is 6.93. The molecule has 0 fully saturated rings. The number of hydrogen-bond acceptors (Lipinski definition) is 3. The van der Waals surface area contributed by atoms with Crippen molar-refractivity contribution in [1.29, 1.82) is 10.5 Å².